The average molecular weight is 393 g/mol. The van der Waals surface area contributed by atoms with Crippen molar-refractivity contribution < 1.29 is 14.1 Å². The molecule has 3 aromatic rings. The number of nitrogens with zero attached hydrogens (tertiary/aromatic N) is 2. The van der Waals surface area contributed by atoms with Crippen LogP contribution in [0.15, 0.2) is 53.1 Å². The van der Waals surface area contributed by atoms with Gasteiger partial charge in [-0.15, -0.1) is 0 Å². The molecule has 0 spiro atoms. The molecule has 1 amide bonds. The van der Waals surface area contributed by atoms with Crippen LogP contribution in [0.4, 0.5) is 5.69 Å². The zero-order chi connectivity index (χ0) is 20.9. The van der Waals surface area contributed by atoms with Crippen LogP contribution in [0.3, 0.4) is 0 Å². The third-order valence-corrected chi connectivity index (χ3v) is 4.31. The molecular formula is C23H27N3O3. The van der Waals surface area contributed by atoms with Crippen molar-refractivity contribution >= 4 is 11.6 Å². The number of carbonyl (C=O) groups excluding carboxylic acids is 1. The van der Waals surface area contributed by atoms with Crippen molar-refractivity contribution in [3.05, 3.63) is 65.8 Å². The van der Waals surface area contributed by atoms with Gasteiger partial charge in [0.2, 0.25) is 11.8 Å². The minimum absolute atomic E-state index is 0.0825. The normalized spacial score (nSPS) is 11.3. The van der Waals surface area contributed by atoms with Crippen LogP contribution in [0.1, 0.15) is 50.9 Å². The Morgan fingerprint density at radius 3 is 2.66 bits per heavy atom. The Balaban J connectivity index is 1.55. The van der Waals surface area contributed by atoms with E-state index in [1.54, 1.807) is 0 Å². The van der Waals surface area contributed by atoms with E-state index in [-0.39, 0.29) is 11.3 Å². The predicted molar refractivity (Wildman–Crippen MR) is 112 cm³/mol. The number of amides is 1. The molecule has 0 atom stereocenters. The van der Waals surface area contributed by atoms with E-state index in [0.717, 1.165) is 11.3 Å². The first kappa shape index (κ1) is 20.6. The summed E-state index contributed by atoms with van der Waals surface area (Å²) in [5.41, 5.74) is 1.60. The first-order chi connectivity index (χ1) is 13.8. The molecule has 6 nitrogen and oxygen atoms in total. The van der Waals surface area contributed by atoms with Gasteiger partial charge in [0.25, 0.3) is 0 Å². The molecule has 6 heteroatoms. The maximum absolute atomic E-state index is 12.4. The van der Waals surface area contributed by atoms with E-state index >= 15 is 0 Å². The number of rotatable bonds is 7. The first-order valence-electron chi connectivity index (χ1n) is 9.78. The van der Waals surface area contributed by atoms with Crippen LogP contribution in [0.5, 0.6) is 11.5 Å². The summed E-state index contributed by atoms with van der Waals surface area (Å²) in [6.45, 7) is 8.11. The summed E-state index contributed by atoms with van der Waals surface area (Å²) in [6.07, 6.45) is 1.54. The van der Waals surface area contributed by atoms with Crippen LogP contribution in [0.25, 0.3) is 0 Å². The van der Waals surface area contributed by atoms with Gasteiger partial charge in [-0.2, -0.15) is 4.98 Å². The number of hydrogen-bond donors (Lipinski definition) is 1. The van der Waals surface area contributed by atoms with Crippen LogP contribution in [0, 0.1) is 6.92 Å². The molecule has 152 valence electrons. The van der Waals surface area contributed by atoms with Crippen LogP contribution < -0.4 is 10.1 Å². The molecule has 29 heavy (non-hydrogen) atoms. The summed E-state index contributed by atoms with van der Waals surface area (Å²) < 4.78 is 11.2. The van der Waals surface area contributed by atoms with Crippen molar-refractivity contribution in [1.82, 2.24) is 10.1 Å². The van der Waals surface area contributed by atoms with E-state index in [2.05, 4.69) is 15.5 Å². The number of hydrogen-bond acceptors (Lipinski definition) is 5. The molecule has 0 unspecified atom stereocenters. The fourth-order valence-corrected chi connectivity index (χ4v) is 2.74. The molecule has 0 fully saturated rings. The monoisotopic (exact) mass is 393 g/mol. The molecule has 0 radical (unpaired) electrons. The molecular weight excluding hydrogens is 366 g/mol. The van der Waals surface area contributed by atoms with Gasteiger partial charge in [-0.3, -0.25) is 4.79 Å². The number of nitrogens with one attached hydrogen (secondary N) is 1. The lowest BCUT2D eigenvalue weighted by molar-refractivity contribution is -0.116. The fourth-order valence-electron chi connectivity index (χ4n) is 2.74. The van der Waals surface area contributed by atoms with Gasteiger partial charge in [-0.05, 0) is 43.2 Å². The molecule has 1 N–H and O–H groups in total. The van der Waals surface area contributed by atoms with E-state index < -0.39 is 0 Å². The van der Waals surface area contributed by atoms with E-state index in [1.807, 2.05) is 76.2 Å². The number of ether oxygens (including phenoxy) is 1. The number of aryl methyl sites for hydroxylation is 2. The van der Waals surface area contributed by atoms with Gasteiger partial charge in [-0.1, -0.05) is 50.2 Å². The van der Waals surface area contributed by atoms with Crippen LogP contribution in [-0.2, 0) is 16.6 Å². The van der Waals surface area contributed by atoms with Crippen molar-refractivity contribution in [2.75, 3.05) is 5.32 Å². The largest absolute Gasteiger partial charge is 0.455 e. The molecule has 1 heterocycles. The molecule has 2 aromatic carbocycles. The number of carbonyl (C=O) groups is 1. The van der Waals surface area contributed by atoms with Gasteiger partial charge >= 0.3 is 0 Å². The average Bonchev–Trinajstić information content (AvgIpc) is 3.13. The molecule has 0 aliphatic carbocycles. The summed E-state index contributed by atoms with van der Waals surface area (Å²) in [4.78, 5) is 16.8. The summed E-state index contributed by atoms with van der Waals surface area (Å²) >= 11 is 0. The predicted octanol–water partition coefficient (Wildman–Crippen LogP) is 5.43. The lowest BCUT2D eigenvalue weighted by Crippen LogP contribution is -2.13. The third kappa shape index (κ3) is 5.91. The third-order valence-electron chi connectivity index (χ3n) is 4.31. The smallest absolute Gasteiger partial charge is 0.226 e. The second kappa shape index (κ2) is 8.90. The Bertz CT molecular complexity index is 973. The Labute approximate surface area is 171 Å². The second-order valence-electron chi connectivity index (χ2n) is 8.08. The van der Waals surface area contributed by atoms with Crippen molar-refractivity contribution in [1.29, 1.82) is 0 Å². The maximum atomic E-state index is 12.4. The Morgan fingerprint density at radius 2 is 1.93 bits per heavy atom. The lowest BCUT2D eigenvalue weighted by Gasteiger charge is -2.12. The fraction of sp³-hybridized carbons (Fsp3) is 0.348. The summed E-state index contributed by atoms with van der Waals surface area (Å²) in [5.74, 6) is 2.50. The minimum atomic E-state index is -0.153. The SMILES string of the molecule is Cc1cccc(Oc2ccccc2NC(=O)CCCc2nc(C(C)(C)C)no2)c1. The molecule has 0 saturated heterocycles. The number of benzene rings is 2. The first-order valence-corrected chi connectivity index (χ1v) is 9.78. The summed E-state index contributed by atoms with van der Waals surface area (Å²) in [6, 6.07) is 15.2. The second-order valence-corrected chi connectivity index (χ2v) is 8.08. The quantitative estimate of drug-likeness (QED) is 0.579. The standard InChI is InChI=1S/C23H27N3O3/c1-16-9-7-10-17(15-16)28-19-12-6-5-11-18(19)24-20(27)13-8-14-21-25-22(26-29-21)23(2,3)4/h5-7,9-12,15H,8,13-14H2,1-4H3,(H,24,27). The van der Waals surface area contributed by atoms with E-state index in [4.69, 9.17) is 9.26 Å². The minimum Gasteiger partial charge on any atom is -0.455 e. The lowest BCUT2D eigenvalue weighted by atomic mass is 9.96. The van der Waals surface area contributed by atoms with Crippen molar-refractivity contribution in [3.8, 4) is 11.5 Å². The Morgan fingerprint density at radius 1 is 1.14 bits per heavy atom. The van der Waals surface area contributed by atoms with Crippen molar-refractivity contribution in [3.63, 3.8) is 0 Å². The molecule has 3 rings (SSSR count). The van der Waals surface area contributed by atoms with Gasteiger partial charge in [-0.25, -0.2) is 0 Å². The van der Waals surface area contributed by atoms with Gasteiger partial charge < -0.3 is 14.6 Å². The molecule has 0 aliphatic rings. The Kier molecular flexibility index (Phi) is 6.32. The molecule has 0 saturated carbocycles. The van der Waals surface area contributed by atoms with Crippen molar-refractivity contribution in [2.45, 2.75) is 52.4 Å². The highest BCUT2D eigenvalue weighted by atomic mass is 16.5. The molecule has 0 bridgehead atoms. The Hall–Kier alpha value is -3.15. The van der Waals surface area contributed by atoms with Crippen LogP contribution in [-0.4, -0.2) is 16.0 Å². The van der Waals surface area contributed by atoms with Gasteiger partial charge in [0.05, 0.1) is 5.69 Å². The zero-order valence-corrected chi connectivity index (χ0v) is 17.4. The van der Waals surface area contributed by atoms with Crippen LogP contribution in [0.2, 0.25) is 0 Å². The van der Waals surface area contributed by atoms with Gasteiger partial charge in [0.1, 0.15) is 5.75 Å². The number of para-hydroxylation sites is 2. The highest BCUT2D eigenvalue weighted by molar-refractivity contribution is 5.92. The maximum Gasteiger partial charge on any atom is 0.226 e. The van der Waals surface area contributed by atoms with Gasteiger partial charge in [0, 0.05) is 18.3 Å². The van der Waals surface area contributed by atoms with Crippen LogP contribution >= 0.6 is 0 Å². The highest BCUT2D eigenvalue weighted by Crippen LogP contribution is 2.29. The number of anilines is 1. The van der Waals surface area contributed by atoms with E-state index in [0.29, 0.717) is 42.4 Å². The highest BCUT2D eigenvalue weighted by Gasteiger charge is 2.20. The van der Waals surface area contributed by atoms with E-state index in [1.165, 1.54) is 0 Å². The summed E-state index contributed by atoms with van der Waals surface area (Å²) in [5, 5.41) is 6.94. The topological polar surface area (TPSA) is 77.2 Å². The number of aromatic nitrogens is 2. The molecule has 0 aliphatic heterocycles. The zero-order valence-electron chi connectivity index (χ0n) is 17.4. The summed E-state index contributed by atoms with van der Waals surface area (Å²) in [7, 11) is 0. The van der Waals surface area contributed by atoms with E-state index in [9.17, 15) is 4.79 Å². The molecule has 1 aromatic heterocycles. The van der Waals surface area contributed by atoms with Crippen molar-refractivity contribution in [2.24, 2.45) is 0 Å². The van der Waals surface area contributed by atoms with Gasteiger partial charge in [0.15, 0.2) is 11.6 Å².